The van der Waals surface area contributed by atoms with Crippen LogP contribution < -0.4 is 4.90 Å². The van der Waals surface area contributed by atoms with E-state index in [4.69, 9.17) is 0 Å². The van der Waals surface area contributed by atoms with Crippen LogP contribution in [0.2, 0.25) is 0 Å². The summed E-state index contributed by atoms with van der Waals surface area (Å²) in [5, 5.41) is 0. The summed E-state index contributed by atoms with van der Waals surface area (Å²) in [7, 11) is -1.73. The molecule has 0 fully saturated rings. The van der Waals surface area contributed by atoms with Crippen LogP contribution >= 0.6 is 10.0 Å². The summed E-state index contributed by atoms with van der Waals surface area (Å²) in [6.07, 6.45) is 0. The van der Waals surface area contributed by atoms with Crippen LogP contribution in [-0.4, -0.2) is 0 Å². The summed E-state index contributed by atoms with van der Waals surface area (Å²) < 4.78 is 0. The van der Waals surface area contributed by atoms with Gasteiger partial charge >= 0.3 is 0 Å². The first kappa shape index (κ1) is 35.3. The molecule has 0 saturated carbocycles. The van der Waals surface area contributed by atoms with Gasteiger partial charge in [0.15, 0.2) is 0 Å². The second kappa shape index (κ2) is 13.9. The number of hydrogen-bond acceptors (Lipinski definition) is 1. The lowest BCUT2D eigenvalue weighted by Gasteiger charge is -2.39. The smallest absolute Gasteiger partial charge is 0.0465 e. The summed E-state index contributed by atoms with van der Waals surface area (Å²) >= 11 is 0. The van der Waals surface area contributed by atoms with Crippen molar-refractivity contribution in [3.05, 3.63) is 236 Å². The van der Waals surface area contributed by atoms with E-state index in [0.29, 0.717) is 0 Å². The quantitative estimate of drug-likeness (QED) is 0.156. The van der Waals surface area contributed by atoms with E-state index in [1.165, 1.54) is 75.2 Å². The first-order valence-corrected chi connectivity index (χ1v) is 22.1. The fraction of sp³-hybridized carbons (Fsp3) is 0.0526. The van der Waals surface area contributed by atoms with Gasteiger partial charge in [-0.25, -0.2) is 0 Å². The van der Waals surface area contributed by atoms with Crippen LogP contribution in [0.1, 0.15) is 25.0 Å². The molecule has 1 aliphatic carbocycles. The molecule has 1 aliphatic heterocycles. The molecule has 0 spiro atoms. The lowest BCUT2D eigenvalue weighted by molar-refractivity contribution is 0.660. The van der Waals surface area contributed by atoms with E-state index < -0.39 is 10.0 Å². The van der Waals surface area contributed by atoms with Crippen molar-refractivity contribution in [2.45, 2.75) is 38.8 Å². The molecule has 1 heterocycles. The Hall–Kier alpha value is -6.87. The van der Waals surface area contributed by atoms with Crippen molar-refractivity contribution in [2.75, 3.05) is 4.90 Å². The van der Waals surface area contributed by atoms with Crippen molar-refractivity contribution in [3.63, 3.8) is 0 Å². The summed E-state index contributed by atoms with van der Waals surface area (Å²) in [6.45, 7) is 4.72. The Bertz CT molecular complexity index is 2950. The Kier molecular flexibility index (Phi) is 8.32. The van der Waals surface area contributed by atoms with Gasteiger partial charge in [-0.3, -0.25) is 0 Å². The van der Waals surface area contributed by atoms with Gasteiger partial charge in [-0.2, -0.15) is 0 Å². The molecule has 0 amide bonds. The maximum absolute atomic E-state index is 2.42. The van der Waals surface area contributed by atoms with Crippen molar-refractivity contribution < 1.29 is 0 Å². The van der Waals surface area contributed by atoms with Crippen LogP contribution in [0.15, 0.2) is 244 Å². The number of hydrogen-bond donors (Lipinski definition) is 0. The van der Waals surface area contributed by atoms with Crippen LogP contribution in [-0.2, 0) is 5.41 Å². The zero-order valence-electron chi connectivity index (χ0n) is 33.2. The van der Waals surface area contributed by atoms with E-state index in [1.54, 1.807) is 0 Å². The molecular weight excluding hydrogens is 731 g/mol. The molecule has 11 rings (SSSR count). The first-order chi connectivity index (χ1) is 29.0. The molecule has 282 valence electrons. The molecule has 9 aromatic carbocycles. The van der Waals surface area contributed by atoms with Gasteiger partial charge in [-0.05, 0) is 123 Å². The van der Waals surface area contributed by atoms with Gasteiger partial charge in [0.05, 0.1) is 0 Å². The SMILES string of the molecule is CC1(C)c2ccccc2-c2ccc(N(c3ccc(-c4ccccc4)cc3)c3ccc(-c4cccc5c4-c4ccccc4S5(c4ccccc4)c4ccccc4)cc3)cc21. The number of rotatable bonds is 7. The molecule has 0 atom stereocenters. The highest BCUT2D eigenvalue weighted by Gasteiger charge is 2.43. The minimum atomic E-state index is -1.73. The van der Waals surface area contributed by atoms with Gasteiger partial charge < -0.3 is 4.90 Å². The third-order valence-corrected chi connectivity index (χ3v) is 16.5. The minimum Gasteiger partial charge on any atom is -0.310 e. The highest BCUT2D eigenvalue weighted by molar-refractivity contribution is 8.34. The largest absolute Gasteiger partial charge is 0.310 e. The summed E-state index contributed by atoms with van der Waals surface area (Å²) in [5.74, 6) is 0. The lowest BCUT2D eigenvalue weighted by Crippen LogP contribution is -2.16. The average Bonchev–Trinajstić information content (AvgIpc) is 3.74. The second-order valence-electron chi connectivity index (χ2n) is 16.1. The molecule has 0 aromatic heterocycles. The van der Waals surface area contributed by atoms with Crippen molar-refractivity contribution in [3.8, 4) is 44.5 Å². The van der Waals surface area contributed by atoms with Crippen LogP contribution in [0.5, 0.6) is 0 Å². The van der Waals surface area contributed by atoms with Gasteiger partial charge in [0.1, 0.15) is 0 Å². The predicted octanol–water partition coefficient (Wildman–Crippen LogP) is 16.1. The zero-order chi connectivity index (χ0) is 39.6. The van der Waals surface area contributed by atoms with Crippen molar-refractivity contribution in [2.24, 2.45) is 0 Å². The van der Waals surface area contributed by atoms with Crippen LogP contribution in [0, 0.1) is 0 Å². The van der Waals surface area contributed by atoms with E-state index in [9.17, 15) is 0 Å². The number of benzene rings is 9. The summed E-state index contributed by atoms with van der Waals surface area (Å²) in [6, 6.07) is 83.3. The van der Waals surface area contributed by atoms with Crippen LogP contribution in [0.3, 0.4) is 0 Å². The van der Waals surface area contributed by atoms with Crippen molar-refractivity contribution in [1.29, 1.82) is 0 Å². The van der Waals surface area contributed by atoms with Crippen LogP contribution in [0.25, 0.3) is 44.5 Å². The molecule has 0 saturated heterocycles. The fourth-order valence-electron chi connectivity index (χ4n) is 9.76. The Morgan fingerprint density at radius 2 is 0.814 bits per heavy atom. The topological polar surface area (TPSA) is 3.24 Å². The Labute approximate surface area is 349 Å². The molecule has 9 aromatic rings. The predicted molar refractivity (Wildman–Crippen MR) is 249 cm³/mol. The molecule has 0 bridgehead atoms. The average molecular weight is 774 g/mol. The van der Waals surface area contributed by atoms with Gasteiger partial charge in [0, 0.05) is 47.6 Å². The molecule has 2 heteroatoms. The highest BCUT2D eigenvalue weighted by atomic mass is 32.3. The van der Waals surface area contributed by atoms with Crippen molar-refractivity contribution in [1.82, 2.24) is 0 Å². The zero-order valence-corrected chi connectivity index (χ0v) is 34.0. The van der Waals surface area contributed by atoms with E-state index in [1.807, 2.05) is 0 Å². The molecule has 1 nitrogen and oxygen atoms in total. The summed E-state index contributed by atoms with van der Waals surface area (Å²) in [5.41, 5.74) is 16.3. The van der Waals surface area contributed by atoms with E-state index >= 15 is 0 Å². The van der Waals surface area contributed by atoms with Crippen LogP contribution in [0.4, 0.5) is 17.1 Å². The van der Waals surface area contributed by atoms with E-state index in [2.05, 4.69) is 243 Å². The fourth-order valence-corrected chi connectivity index (χ4v) is 14.0. The Morgan fingerprint density at radius 3 is 1.47 bits per heavy atom. The number of fused-ring (bicyclic) bond motifs is 6. The van der Waals surface area contributed by atoms with Gasteiger partial charge in [0.25, 0.3) is 0 Å². The van der Waals surface area contributed by atoms with Gasteiger partial charge in [0.2, 0.25) is 0 Å². The normalized spacial score (nSPS) is 14.4. The molecule has 0 radical (unpaired) electrons. The molecular formula is C57H43NS. The number of anilines is 3. The van der Waals surface area contributed by atoms with Gasteiger partial charge in [-0.15, -0.1) is 10.0 Å². The standard InChI is InChI=1S/C57H43NS/c1-57(2)52-26-14-12-23-49(52)50-38-37-45(39-53(50)57)58(43-33-29-41(30-34-43)40-17-6-3-7-18-40)44-35-31-42(32-36-44)48-25-16-28-55-56(48)51-24-13-15-27-54(51)59(55,46-19-8-4-9-20-46)47-21-10-5-11-22-47/h3-39H,1-2H3. The maximum Gasteiger partial charge on any atom is 0.0465 e. The van der Waals surface area contributed by atoms with E-state index in [0.717, 1.165) is 17.1 Å². The maximum atomic E-state index is 2.42. The third-order valence-electron chi connectivity index (χ3n) is 12.5. The molecule has 0 N–H and O–H groups in total. The molecule has 0 unspecified atom stereocenters. The Morgan fingerprint density at radius 1 is 0.339 bits per heavy atom. The second-order valence-corrected chi connectivity index (χ2v) is 19.2. The third kappa shape index (κ3) is 5.48. The van der Waals surface area contributed by atoms with Crippen molar-refractivity contribution >= 4 is 27.1 Å². The molecule has 59 heavy (non-hydrogen) atoms. The lowest BCUT2D eigenvalue weighted by atomic mass is 9.82. The Balaban J connectivity index is 1.06. The summed E-state index contributed by atoms with van der Waals surface area (Å²) in [4.78, 5) is 7.95. The first-order valence-electron chi connectivity index (χ1n) is 20.5. The van der Waals surface area contributed by atoms with E-state index in [-0.39, 0.29) is 5.41 Å². The highest BCUT2D eigenvalue weighted by Crippen LogP contribution is 2.80. The minimum absolute atomic E-state index is 0.102. The number of nitrogens with zero attached hydrogens (tertiary/aromatic N) is 1. The monoisotopic (exact) mass is 773 g/mol. The molecule has 2 aliphatic rings. The van der Waals surface area contributed by atoms with Gasteiger partial charge in [-0.1, -0.05) is 166 Å².